The number of aromatic hydroxyl groups is 1. The summed E-state index contributed by atoms with van der Waals surface area (Å²) in [4.78, 5) is 2.66. The Hall–Kier alpha value is -3.12. The van der Waals surface area contributed by atoms with E-state index in [1.54, 1.807) is 25.1 Å². The summed E-state index contributed by atoms with van der Waals surface area (Å²) < 4.78 is 52.2. The maximum atomic E-state index is 13.3. The lowest BCUT2D eigenvalue weighted by Gasteiger charge is -2.42. The molecular weight excluding hydrogens is 598 g/mol. The molecule has 0 atom stereocenters. The molecule has 2 nitrogen and oxygen atoms in total. The van der Waals surface area contributed by atoms with Gasteiger partial charge in [0.05, 0.1) is 5.56 Å². The van der Waals surface area contributed by atoms with E-state index in [4.69, 9.17) is 5.11 Å². The highest BCUT2D eigenvalue weighted by molar-refractivity contribution is 5.68. The van der Waals surface area contributed by atoms with Crippen molar-refractivity contribution in [2.45, 2.75) is 124 Å². The molecule has 0 aromatic heterocycles. The molecule has 0 spiro atoms. The van der Waals surface area contributed by atoms with Crippen LogP contribution < -0.4 is 0 Å². The highest BCUT2D eigenvalue weighted by Gasteiger charge is 2.35. The number of halogens is 4. The molecule has 1 heterocycles. The van der Waals surface area contributed by atoms with Crippen molar-refractivity contribution in [2.75, 3.05) is 13.1 Å². The monoisotopic (exact) mass is 657 g/mol. The molecule has 1 aliphatic heterocycles. The second-order valence-corrected chi connectivity index (χ2v) is 12.3. The van der Waals surface area contributed by atoms with Gasteiger partial charge in [-0.15, -0.1) is 6.58 Å². The molecule has 6 heteroatoms. The van der Waals surface area contributed by atoms with E-state index in [1.165, 1.54) is 67.9 Å². The number of phenols is 1. The minimum absolute atomic E-state index is 0.108. The number of piperidine rings is 1. The molecule has 1 saturated heterocycles. The third-order valence-corrected chi connectivity index (χ3v) is 8.65. The molecule has 262 valence electrons. The Kier molecular flexibility index (Phi) is 18.7. The van der Waals surface area contributed by atoms with Crippen LogP contribution in [0.15, 0.2) is 78.9 Å². The average Bonchev–Trinajstić information content (AvgIpc) is 3.61. The predicted octanol–water partition coefficient (Wildman–Crippen LogP) is 12.9. The minimum atomic E-state index is -4.34. The maximum absolute atomic E-state index is 13.3. The fraction of sp³-hybridized carbons (Fsp3) is 0.512. The molecular formula is C41H59F4NO. The molecule has 1 N–H and O–H groups in total. The maximum Gasteiger partial charge on any atom is 0.417 e. The van der Waals surface area contributed by atoms with Gasteiger partial charge in [0, 0.05) is 6.04 Å². The fourth-order valence-corrected chi connectivity index (χ4v) is 6.02. The van der Waals surface area contributed by atoms with Crippen molar-refractivity contribution in [3.63, 3.8) is 0 Å². The van der Waals surface area contributed by atoms with Crippen molar-refractivity contribution >= 4 is 0 Å². The van der Waals surface area contributed by atoms with E-state index in [2.05, 4.69) is 32.3 Å². The second kappa shape index (κ2) is 21.0. The van der Waals surface area contributed by atoms with Gasteiger partial charge in [-0.1, -0.05) is 115 Å². The summed E-state index contributed by atoms with van der Waals surface area (Å²) in [5, 5.41) is 8.73. The highest BCUT2D eigenvalue weighted by Crippen LogP contribution is 2.40. The first kappa shape index (κ1) is 41.9. The fourth-order valence-electron chi connectivity index (χ4n) is 6.02. The van der Waals surface area contributed by atoms with Crippen LogP contribution in [0.4, 0.5) is 17.6 Å². The SMILES string of the molecule is C=C(C)CCC.CC.CC.CC1(c2ccc(-c3ccccc3C(F)(F)F)cc2)CCN(C2CCCC2)CC1.Cc1ccc(F)c(O)c1. The number of alkyl halides is 3. The van der Waals surface area contributed by atoms with Gasteiger partial charge >= 0.3 is 6.18 Å². The van der Waals surface area contributed by atoms with Crippen LogP contribution in [0.2, 0.25) is 0 Å². The number of benzene rings is 3. The van der Waals surface area contributed by atoms with E-state index in [0.29, 0.717) is 5.56 Å². The lowest BCUT2D eigenvalue weighted by atomic mass is 9.74. The number of allylic oxidation sites excluding steroid dienone is 1. The highest BCUT2D eigenvalue weighted by atomic mass is 19.4. The van der Waals surface area contributed by atoms with Gasteiger partial charge in [0.15, 0.2) is 11.6 Å². The van der Waals surface area contributed by atoms with Crippen LogP contribution in [0, 0.1) is 12.7 Å². The molecule has 5 rings (SSSR count). The summed E-state index contributed by atoms with van der Waals surface area (Å²) in [6.07, 6.45) is 5.69. The summed E-state index contributed by atoms with van der Waals surface area (Å²) >= 11 is 0. The molecule has 2 aliphatic rings. The molecule has 2 fully saturated rings. The van der Waals surface area contributed by atoms with Crippen molar-refractivity contribution in [2.24, 2.45) is 0 Å². The van der Waals surface area contributed by atoms with Gasteiger partial charge < -0.3 is 10.0 Å². The molecule has 3 aromatic rings. The quantitative estimate of drug-likeness (QED) is 0.218. The van der Waals surface area contributed by atoms with Gasteiger partial charge in [-0.05, 0) is 105 Å². The van der Waals surface area contributed by atoms with Crippen molar-refractivity contribution in [1.29, 1.82) is 0 Å². The first-order valence-corrected chi connectivity index (χ1v) is 17.4. The Balaban J connectivity index is 0.000000478. The molecule has 0 amide bonds. The van der Waals surface area contributed by atoms with Crippen LogP contribution in [0.25, 0.3) is 11.1 Å². The van der Waals surface area contributed by atoms with Gasteiger partial charge in [-0.3, -0.25) is 0 Å². The van der Waals surface area contributed by atoms with Crippen molar-refractivity contribution in [3.05, 3.63) is 101 Å². The van der Waals surface area contributed by atoms with E-state index in [0.717, 1.165) is 43.6 Å². The largest absolute Gasteiger partial charge is 0.505 e. The molecule has 0 bridgehead atoms. The minimum Gasteiger partial charge on any atom is -0.505 e. The third-order valence-electron chi connectivity index (χ3n) is 8.65. The zero-order chi connectivity index (χ0) is 35.6. The Bertz CT molecular complexity index is 1300. The number of nitrogens with zero attached hydrogens (tertiary/aromatic N) is 1. The first-order valence-electron chi connectivity index (χ1n) is 17.4. The summed E-state index contributed by atoms with van der Waals surface area (Å²) in [5.41, 5.74) is 3.81. The normalized spacial score (nSPS) is 15.7. The molecule has 47 heavy (non-hydrogen) atoms. The molecule has 1 saturated carbocycles. The second-order valence-electron chi connectivity index (χ2n) is 12.3. The lowest BCUT2D eigenvalue weighted by Crippen LogP contribution is -2.45. The number of likely N-dealkylation sites (tertiary alicyclic amines) is 1. The Morgan fingerprint density at radius 3 is 1.91 bits per heavy atom. The van der Waals surface area contributed by atoms with Gasteiger partial charge in [-0.2, -0.15) is 13.2 Å². The summed E-state index contributed by atoms with van der Waals surface area (Å²) in [5.74, 6) is -0.851. The van der Waals surface area contributed by atoms with E-state index >= 15 is 0 Å². The van der Waals surface area contributed by atoms with Gasteiger partial charge in [-0.25, -0.2) is 4.39 Å². The van der Waals surface area contributed by atoms with Crippen LogP contribution in [0.1, 0.15) is 117 Å². The van der Waals surface area contributed by atoms with E-state index in [1.807, 2.05) is 52.0 Å². The zero-order valence-corrected chi connectivity index (χ0v) is 30.1. The number of hydrogen-bond acceptors (Lipinski definition) is 2. The molecule has 0 radical (unpaired) electrons. The van der Waals surface area contributed by atoms with E-state index < -0.39 is 17.6 Å². The van der Waals surface area contributed by atoms with Crippen LogP contribution in [-0.4, -0.2) is 29.1 Å². The van der Waals surface area contributed by atoms with Gasteiger partial charge in [0.2, 0.25) is 0 Å². The first-order chi connectivity index (χ1) is 22.3. The van der Waals surface area contributed by atoms with Crippen LogP contribution in [0.3, 0.4) is 0 Å². The van der Waals surface area contributed by atoms with Crippen LogP contribution >= 0.6 is 0 Å². The average molecular weight is 658 g/mol. The number of hydrogen-bond donors (Lipinski definition) is 1. The van der Waals surface area contributed by atoms with Gasteiger partial charge in [0.1, 0.15) is 0 Å². The standard InChI is InChI=1S/C24H28F3N.C7H7FO.C6H12.2C2H6/c1-23(14-16-28(17-15-23)20-6-2-3-7-20)19-12-10-18(11-13-19)21-8-4-5-9-22(21)24(25,26)27;1-5-2-3-6(8)7(9)4-5;1-4-5-6(2)3;2*1-2/h4-5,8-13,20H,2-3,6-7,14-17H2,1H3;2-4,9H,1H3;2,4-5H2,1,3H3;2*1-2H3. The Morgan fingerprint density at radius 1 is 0.915 bits per heavy atom. The smallest absolute Gasteiger partial charge is 0.417 e. The van der Waals surface area contributed by atoms with E-state index in [-0.39, 0.29) is 16.7 Å². The summed E-state index contributed by atoms with van der Waals surface area (Å²) in [7, 11) is 0. The third kappa shape index (κ3) is 13.5. The Morgan fingerprint density at radius 2 is 1.47 bits per heavy atom. The molecule has 1 aliphatic carbocycles. The van der Waals surface area contributed by atoms with Crippen LogP contribution in [-0.2, 0) is 11.6 Å². The lowest BCUT2D eigenvalue weighted by molar-refractivity contribution is -0.137. The summed E-state index contributed by atoms with van der Waals surface area (Å²) in [6, 6.07) is 18.6. The van der Waals surface area contributed by atoms with Crippen molar-refractivity contribution < 1.29 is 22.7 Å². The molecule has 0 unspecified atom stereocenters. The number of aryl methyl sites for hydroxylation is 1. The number of phenolic OH excluding ortho intramolecular Hbond substituents is 1. The molecule has 3 aromatic carbocycles. The topological polar surface area (TPSA) is 23.5 Å². The van der Waals surface area contributed by atoms with Gasteiger partial charge in [0.25, 0.3) is 0 Å². The van der Waals surface area contributed by atoms with Crippen molar-refractivity contribution in [3.8, 4) is 16.9 Å². The number of rotatable bonds is 5. The summed E-state index contributed by atoms with van der Waals surface area (Å²) in [6.45, 7) is 22.3. The zero-order valence-electron chi connectivity index (χ0n) is 30.1. The van der Waals surface area contributed by atoms with Crippen molar-refractivity contribution in [1.82, 2.24) is 4.90 Å². The Labute approximate surface area is 282 Å². The van der Waals surface area contributed by atoms with E-state index in [9.17, 15) is 17.6 Å². The predicted molar refractivity (Wildman–Crippen MR) is 193 cm³/mol. The van der Waals surface area contributed by atoms with Crippen LogP contribution in [0.5, 0.6) is 5.75 Å².